The Morgan fingerprint density at radius 2 is 2.00 bits per heavy atom. The topological polar surface area (TPSA) is 71.6 Å². The number of hydrogen-bond donors (Lipinski definition) is 1. The molecule has 1 aliphatic heterocycles. The Labute approximate surface area is 183 Å². The zero-order valence-corrected chi connectivity index (χ0v) is 18.7. The molecule has 1 N–H and O–H groups in total. The number of aromatic amines is 1. The number of carbonyl (C=O) groups excluding carboxylic acids is 2. The van der Waals surface area contributed by atoms with Crippen molar-refractivity contribution in [2.75, 3.05) is 13.7 Å². The van der Waals surface area contributed by atoms with Gasteiger partial charge in [-0.05, 0) is 65.7 Å². The van der Waals surface area contributed by atoms with Crippen LogP contribution >= 0.6 is 15.9 Å². The van der Waals surface area contributed by atoms with Crippen molar-refractivity contribution in [1.29, 1.82) is 0 Å². The second-order valence-corrected chi connectivity index (χ2v) is 8.39. The zero-order valence-electron chi connectivity index (χ0n) is 17.1. The van der Waals surface area contributed by atoms with Crippen LogP contribution in [0.15, 0.2) is 40.9 Å². The largest absolute Gasteiger partial charge is 0.480 e. The number of nitrogens with one attached hydrogen (secondary N) is 1. The van der Waals surface area contributed by atoms with E-state index in [9.17, 15) is 9.59 Å². The molecular formula is C23H23BrN2O4. The number of rotatable bonds is 4. The second kappa shape index (κ2) is 8.14. The van der Waals surface area contributed by atoms with Crippen LogP contribution in [-0.2, 0) is 22.5 Å². The van der Waals surface area contributed by atoms with Gasteiger partial charge in [0.1, 0.15) is 5.75 Å². The van der Waals surface area contributed by atoms with Crippen LogP contribution in [0.1, 0.15) is 34.1 Å². The number of aryl methyl sites for hydroxylation is 1. The van der Waals surface area contributed by atoms with Gasteiger partial charge < -0.3 is 19.4 Å². The highest BCUT2D eigenvalue weighted by Gasteiger charge is 2.28. The molecule has 0 fully saturated rings. The fourth-order valence-corrected chi connectivity index (χ4v) is 4.43. The maximum Gasteiger partial charge on any atom is 0.337 e. The monoisotopic (exact) mass is 470 g/mol. The van der Waals surface area contributed by atoms with Crippen LogP contribution in [0, 0.1) is 6.92 Å². The minimum Gasteiger partial charge on any atom is -0.480 e. The molecule has 4 rings (SSSR count). The Morgan fingerprint density at radius 1 is 1.20 bits per heavy atom. The number of amides is 1. The van der Waals surface area contributed by atoms with Gasteiger partial charge in [0.05, 0.1) is 17.1 Å². The number of esters is 1. The maximum absolute atomic E-state index is 13.1. The van der Waals surface area contributed by atoms with E-state index in [1.54, 1.807) is 13.0 Å². The first-order valence-corrected chi connectivity index (χ1v) is 10.6. The molecule has 2 heterocycles. The normalized spacial score (nSPS) is 14.3. The smallest absolute Gasteiger partial charge is 0.337 e. The van der Waals surface area contributed by atoms with E-state index < -0.39 is 6.10 Å². The van der Waals surface area contributed by atoms with Crippen LogP contribution in [-0.4, -0.2) is 41.5 Å². The summed E-state index contributed by atoms with van der Waals surface area (Å²) < 4.78 is 11.6. The van der Waals surface area contributed by atoms with Crippen molar-refractivity contribution < 1.29 is 19.1 Å². The third-order valence-electron chi connectivity index (χ3n) is 5.45. The Kier molecular flexibility index (Phi) is 5.56. The van der Waals surface area contributed by atoms with Crippen molar-refractivity contribution in [2.24, 2.45) is 0 Å². The third-order valence-corrected chi connectivity index (χ3v) is 6.07. The van der Waals surface area contributed by atoms with Crippen molar-refractivity contribution in [3.8, 4) is 5.75 Å². The molecule has 30 heavy (non-hydrogen) atoms. The molecule has 156 valence electrons. The predicted octanol–water partition coefficient (Wildman–Crippen LogP) is 4.38. The first-order valence-electron chi connectivity index (χ1n) is 9.80. The SMILES string of the molecule is COC(=O)c1ccc2[nH]c3c(c2c1)CN(C(=O)C(C)Oc1ccc(C)cc1Br)CC3. The van der Waals surface area contributed by atoms with Crippen molar-refractivity contribution in [3.05, 3.63) is 63.3 Å². The number of nitrogens with zero attached hydrogens (tertiary/aromatic N) is 1. The summed E-state index contributed by atoms with van der Waals surface area (Å²) in [7, 11) is 1.37. The van der Waals surface area contributed by atoms with E-state index in [0.29, 0.717) is 24.4 Å². The van der Waals surface area contributed by atoms with Crippen LogP contribution in [0.3, 0.4) is 0 Å². The maximum atomic E-state index is 13.1. The fraction of sp³-hybridized carbons (Fsp3) is 0.304. The summed E-state index contributed by atoms with van der Waals surface area (Å²) in [6.45, 7) is 4.86. The number of methoxy groups -OCH3 is 1. The molecule has 0 bridgehead atoms. The average molecular weight is 471 g/mol. The van der Waals surface area contributed by atoms with E-state index in [2.05, 4.69) is 20.9 Å². The van der Waals surface area contributed by atoms with E-state index in [1.807, 2.05) is 42.2 Å². The quantitative estimate of drug-likeness (QED) is 0.574. The molecular weight excluding hydrogens is 448 g/mol. The molecule has 3 aromatic rings. The number of benzene rings is 2. The van der Waals surface area contributed by atoms with Crippen molar-refractivity contribution in [3.63, 3.8) is 0 Å². The lowest BCUT2D eigenvalue weighted by Crippen LogP contribution is -2.43. The number of aromatic nitrogens is 1. The molecule has 2 aromatic carbocycles. The average Bonchev–Trinajstić information content (AvgIpc) is 3.11. The van der Waals surface area contributed by atoms with Crippen LogP contribution in [0.2, 0.25) is 0 Å². The zero-order chi connectivity index (χ0) is 21.4. The molecule has 0 saturated carbocycles. The van der Waals surface area contributed by atoms with Gasteiger partial charge in [0, 0.05) is 41.7 Å². The lowest BCUT2D eigenvalue weighted by molar-refractivity contribution is -0.138. The molecule has 1 aromatic heterocycles. The molecule has 0 radical (unpaired) electrons. The van der Waals surface area contributed by atoms with Crippen LogP contribution in [0.4, 0.5) is 0 Å². The molecule has 1 amide bonds. The lowest BCUT2D eigenvalue weighted by atomic mass is 10.0. The summed E-state index contributed by atoms with van der Waals surface area (Å²) in [5.74, 6) is 0.210. The minimum atomic E-state index is -0.610. The summed E-state index contributed by atoms with van der Waals surface area (Å²) in [5.41, 5.74) is 4.71. The Bertz CT molecular complexity index is 1140. The van der Waals surface area contributed by atoms with Crippen LogP contribution < -0.4 is 4.74 Å². The number of H-pyrrole nitrogens is 1. The summed E-state index contributed by atoms with van der Waals surface area (Å²) in [6, 6.07) is 11.2. The van der Waals surface area contributed by atoms with E-state index in [4.69, 9.17) is 9.47 Å². The number of ether oxygens (including phenoxy) is 2. The summed E-state index contributed by atoms with van der Waals surface area (Å²) in [6.07, 6.45) is 0.117. The minimum absolute atomic E-state index is 0.0633. The first-order chi connectivity index (χ1) is 14.4. The Morgan fingerprint density at radius 3 is 2.73 bits per heavy atom. The van der Waals surface area contributed by atoms with Gasteiger partial charge in [-0.3, -0.25) is 4.79 Å². The number of hydrogen-bond acceptors (Lipinski definition) is 4. The van der Waals surface area contributed by atoms with E-state index in [0.717, 1.165) is 38.6 Å². The highest BCUT2D eigenvalue weighted by atomic mass is 79.9. The molecule has 1 aliphatic rings. The molecule has 0 aliphatic carbocycles. The molecule has 0 spiro atoms. The fourth-order valence-electron chi connectivity index (χ4n) is 3.85. The molecule has 6 nitrogen and oxygen atoms in total. The Balaban J connectivity index is 1.55. The Hall–Kier alpha value is -2.80. The summed E-state index contributed by atoms with van der Waals surface area (Å²) >= 11 is 3.50. The first kappa shape index (κ1) is 20.5. The van der Waals surface area contributed by atoms with Gasteiger partial charge in [0.25, 0.3) is 5.91 Å². The van der Waals surface area contributed by atoms with Gasteiger partial charge >= 0.3 is 5.97 Å². The van der Waals surface area contributed by atoms with Gasteiger partial charge in [-0.1, -0.05) is 6.07 Å². The third kappa shape index (κ3) is 3.81. The van der Waals surface area contributed by atoms with E-state index in [-0.39, 0.29) is 11.9 Å². The van der Waals surface area contributed by atoms with Crippen molar-refractivity contribution >= 4 is 38.7 Å². The number of fused-ring (bicyclic) bond motifs is 3. The van der Waals surface area contributed by atoms with Crippen LogP contribution in [0.25, 0.3) is 10.9 Å². The van der Waals surface area contributed by atoms with Gasteiger partial charge in [-0.15, -0.1) is 0 Å². The van der Waals surface area contributed by atoms with Gasteiger partial charge in [0.15, 0.2) is 6.10 Å². The van der Waals surface area contributed by atoms with Gasteiger partial charge in [-0.25, -0.2) is 4.79 Å². The summed E-state index contributed by atoms with van der Waals surface area (Å²) in [4.78, 5) is 30.2. The van der Waals surface area contributed by atoms with Crippen LogP contribution in [0.5, 0.6) is 5.75 Å². The predicted molar refractivity (Wildman–Crippen MR) is 118 cm³/mol. The summed E-state index contributed by atoms with van der Waals surface area (Å²) in [5, 5.41) is 0.945. The second-order valence-electron chi connectivity index (χ2n) is 7.54. The molecule has 0 saturated heterocycles. The molecule has 7 heteroatoms. The number of carbonyl (C=O) groups is 2. The molecule has 1 atom stereocenters. The highest BCUT2D eigenvalue weighted by molar-refractivity contribution is 9.10. The van der Waals surface area contributed by atoms with E-state index >= 15 is 0 Å². The number of halogens is 1. The van der Waals surface area contributed by atoms with E-state index in [1.165, 1.54) is 7.11 Å². The standard InChI is InChI=1S/C23H23BrN2O4/c1-13-4-7-21(18(24)10-13)30-14(2)22(27)26-9-8-20-17(12-26)16-11-15(23(28)29-3)5-6-19(16)25-20/h4-7,10-11,14,25H,8-9,12H2,1-3H3. The lowest BCUT2D eigenvalue weighted by Gasteiger charge is -2.30. The van der Waals surface area contributed by atoms with Crippen molar-refractivity contribution in [2.45, 2.75) is 32.9 Å². The molecule has 1 unspecified atom stereocenters. The van der Waals surface area contributed by atoms with Crippen molar-refractivity contribution in [1.82, 2.24) is 9.88 Å². The van der Waals surface area contributed by atoms with Gasteiger partial charge in [0.2, 0.25) is 0 Å². The van der Waals surface area contributed by atoms with Gasteiger partial charge in [-0.2, -0.15) is 0 Å². The highest BCUT2D eigenvalue weighted by Crippen LogP contribution is 2.30.